The number of rotatable bonds is 10. The summed E-state index contributed by atoms with van der Waals surface area (Å²) in [6.45, 7) is 5.68. The van der Waals surface area contributed by atoms with E-state index in [2.05, 4.69) is 15.0 Å². The average molecular weight is 490 g/mol. The van der Waals surface area contributed by atoms with Crippen molar-refractivity contribution in [2.24, 2.45) is 0 Å². The van der Waals surface area contributed by atoms with Crippen LogP contribution in [0.4, 0.5) is 11.4 Å². The van der Waals surface area contributed by atoms with E-state index in [0.29, 0.717) is 30.1 Å². The van der Waals surface area contributed by atoms with Crippen LogP contribution in [0.3, 0.4) is 0 Å². The second-order valence-electron chi connectivity index (χ2n) is 7.81. The standard InChI is InChI=1S/C24H31N3O6S/c1-4-27(5-2)34(30,31)20-11-12-22(26-13-6-7-14-26)21(16-20)25-24(29)18-9-8-10-19(15-18)33-17-23(28)32-3/h8-12,15-16H,4-7,13-14,17H2,1-3H3,(H,25,29). The minimum absolute atomic E-state index is 0.129. The van der Waals surface area contributed by atoms with Gasteiger partial charge in [0.05, 0.1) is 23.4 Å². The lowest BCUT2D eigenvalue weighted by atomic mass is 10.2. The Hall–Kier alpha value is -3.11. The number of hydrogen-bond donors (Lipinski definition) is 1. The molecule has 1 heterocycles. The maximum atomic E-state index is 13.1. The predicted molar refractivity (Wildman–Crippen MR) is 130 cm³/mol. The Morgan fingerprint density at radius 2 is 1.76 bits per heavy atom. The number of carbonyl (C=O) groups excluding carboxylic acids is 2. The number of nitrogens with one attached hydrogen (secondary N) is 1. The molecule has 184 valence electrons. The molecule has 1 aliphatic rings. The second-order valence-corrected chi connectivity index (χ2v) is 9.75. The van der Waals surface area contributed by atoms with Gasteiger partial charge in [0.1, 0.15) is 5.75 Å². The molecule has 0 radical (unpaired) electrons. The van der Waals surface area contributed by atoms with Crippen molar-refractivity contribution in [3.63, 3.8) is 0 Å². The van der Waals surface area contributed by atoms with Gasteiger partial charge in [-0.1, -0.05) is 19.9 Å². The van der Waals surface area contributed by atoms with E-state index in [-0.39, 0.29) is 11.5 Å². The summed E-state index contributed by atoms with van der Waals surface area (Å²) in [7, 11) is -2.42. The highest BCUT2D eigenvalue weighted by Gasteiger charge is 2.25. The van der Waals surface area contributed by atoms with E-state index in [1.54, 1.807) is 44.2 Å². The summed E-state index contributed by atoms with van der Waals surface area (Å²) >= 11 is 0. The van der Waals surface area contributed by atoms with Gasteiger partial charge >= 0.3 is 5.97 Å². The van der Waals surface area contributed by atoms with Crippen LogP contribution in [-0.4, -0.2) is 64.5 Å². The maximum Gasteiger partial charge on any atom is 0.343 e. The first-order valence-corrected chi connectivity index (χ1v) is 12.7. The van der Waals surface area contributed by atoms with Gasteiger partial charge in [0, 0.05) is 31.7 Å². The molecule has 3 rings (SSSR count). The molecule has 0 unspecified atom stereocenters. The zero-order valence-electron chi connectivity index (χ0n) is 19.7. The highest BCUT2D eigenvalue weighted by molar-refractivity contribution is 7.89. The number of hydrogen-bond acceptors (Lipinski definition) is 7. The van der Waals surface area contributed by atoms with Crippen LogP contribution < -0.4 is 15.0 Å². The van der Waals surface area contributed by atoms with Crippen molar-refractivity contribution >= 4 is 33.3 Å². The first-order chi connectivity index (χ1) is 16.3. The molecule has 0 aromatic heterocycles. The van der Waals surface area contributed by atoms with Gasteiger partial charge in [-0.25, -0.2) is 13.2 Å². The van der Waals surface area contributed by atoms with E-state index < -0.39 is 21.9 Å². The fourth-order valence-corrected chi connectivity index (χ4v) is 5.33. The van der Waals surface area contributed by atoms with Crippen molar-refractivity contribution in [1.82, 2.24) is 4.31 Å². The fourth-order valence-electron chi connectivity index (χ4n) is 3.84. The van der Waals surface area contributed by atoms with Crippen LogP contribution in [0.1, 0.15) is 37.0 Å². The van der Waals surface area contributed by atoms with Gasteiger partial charge in [0.2, 0.25) is 10.0 Å². The van der Waals surface area contributed by atoms with Gasteiger partial charge in [-0.05, 0) is 49.2 Å². The number of carbonyl (C=O) groups is 2. The first kappa shape index (κ1) is 25.5. The molecule has 0 bridgehead atoms. The Labute approximate surface area is 200 Å². The number of methoxy groups -OCH3 is 1. The van der Waals surface area contributed by atoms with Crippen molar-refractivity contribution in [2.45, 2.75) is 31.6 Å². The summed E-state index contributed by atoms with van der Waals surface area (Å²) in [5.74, 6) is -0.603. The SMILES string of the molecule is CCN(CC)S(=O)(=O)c1ccc(N2CCCC2)c(NC(=O)c2cccc(OCC(=O)OC)c2)c1. The summed E-state index contributed by atoms with van der Waals surface area (Å²) in [5, 5.41) is 2.88. The van der Waals surface area contributed by atoms with Crippen molar-refractivity contribution < 1.29 is 27.5 Å². The zero-order valence-corrected chi connectivity index (χ0v) is 20.6. The third-order valence-corrected chi connectivity index (χ3v) is 7.73. The molecule has 10 heteroatoms. The summed E-state index contributed by atoms with van der Waals surface area (Å²) < 4.78 is 37.5. The van der Waals surface area contributed by atoms with Crippen LogP contribution in [0.25, 0.3) is 0 Å². The Bertz CT molecular complexity index is 1130. The molecule has 1 saturated heterocycles. The Morgan fingerprint density at radius 3 is 2.41 bits per heavy atom. The highest BCUT2D eigenvalue weighted by Crippen LogP contribution is 2.33. The molecule has 0 atom stereocenters. The minimum atomic E-state index is -3.69. The Balaban J connectivity index is 1.91. The van der Waals surface area contributed by atoms with E-state index >= 15 is 0 Å². The molecule has 0 saturated carbocycles. The largest absolute Gasteiger partial charge is 0.482 e. The van der Waals surface area contributed by atoms with E-state index in [4.69, 9.17) is 4.74 Å². The van der Waals surface area contributed by atoms with E-state index in [9.17, 15) is 18.0 Å². The van der Waals surface area contributed by atoms with Gasteiger partial charge in [-0.2, -0.15) is 4.31 Å². The van der Waals surface area contributed by atoms with Crippen LogP contribution in [-0.2, 0) is 19.6 Å². The number of anilines is 2. The van der Waals surface area contributed by atoms with Crippen molar-refractivity contribution in [3.05, 3.63) is 48.0 Å². The fraction of sp³-hybridized carbons (Fsp3) is 0.417. The normalized spacial score (nSPS) is 13.7. The van der Waals surface area contributed by atoms with Gasteiger partial charge < -0.3 is 19.7 Å². The van der Waals surface area contributed by atoms with Gasteiger partial charge in [0.25, 0.3) is 5.91 Å². The average Bonchev–Trinajstić information content (AvgIpc) is 3.38. The summed E-state index contributed by atoms with van der Waals surface area (Å²) in [6.07, 6.45) is 2.07. The molecular weight excluding hydrogens is 458 g/mol. The monoisotopic (exact) mass is 489 g/mol. The van der Waals surface area contributed by atoms with E-state index in [1.165, 1.54) is 23.5 Å². The van der Waals surface area contributed by atoms with Gasteiger partial charge in [0.15, 0.2) is 6.61 Å². The van der Waals surface area contributed by atoms with Gasteiger partial charge in [-0.3, -0.25) is 4.79 Å². The Kier molecular flexibility index (Phi) is 8.51. The number of sulfonamides is 1. The van der Waals surface area contributed by atoms with Crippen LogP contribution >= 0.6 is 0 Å². The number of benzene rings is 2. The second kappa shape index (κ2) is 11.3. The highest BCUT2D eigenvalue weighted by atomic mass is 32.2. The number of esters is 1. The third kappa shape index (κ3) is 5.87. The smallest absolute Gasteiger partial charge is 0.343 e. The van der Waals surface area contributed by atoms with Crippen molar-refractivity contribution in [2.75, 3.05) is 50.1 Å². The third-order valence-electron chi connectivity index (χ3n) is 5.69. The summed E-state index contributed by atoms with van der Waals surface area (Å²) in [5.41, 5.74) is 1.52. The number of amides is 1. The van der Waals surface area contributed by atoms with Crippen LogP contribution in [0, 0.1) is 0 Å². The number of ether oxygens (including phenoxy) is 2. The zero-order chi connectivity index (χ0) is 24.7. The van der Waals surface area contributed by atoms with E-state index in [1.807, 2.05) is 0 Å². The molecule has 2 aromatic rings. The summed E-state index contributed by atoms with van der Waals surface area (Å²) in [4.78, 5) is 26.7. The van der Waals surface area contributed by atoms with Crippen molar-refractivity contribution in [1.29, 1.82) is 0 Å². The molecule has 1 aliphatic heterocycles. The maximum absolute atomic E-state index is 13.1. The molecule has 1 amide bonds. The van der Waals surface area contributed by atoms with Crippen LogP contribution in [0.15, 0.2) is 47.4 Å². The predicted octanol–water partition coefficient (Wildman–Crippen LogP) is 3.12. The lowest BCUT2D eigenvalue weighted by Gasteiger charge is -2.24. The van der Waals surface area contributed by atoms with Crippen LogP contribution in [0.5, 0.6) is 5.75 Å². The topological polar surface area (TPSA) is 105 Å². The first-order valence-electron chi connectivity index (χ1n) is 11.3. The molecule has 0 spiro atoms. The van der Waals surface area contributed by atoms with Crippen LogP contribution in [0.2, 0.25) is 0 Å². The molecule has 0 aliphatic carbocycles. The molecule has 34 heavy (non-hydrogen) atoms. The lowest BCUT2D eigenvalue weighted by molar-refractivity contribution is -0.142. The summed E-state index contributed by atoms with van der Waals surface area (Å²) in [6, 6.07) is 11.3. The number of nitrogens with zero attached hydrogens (tertiary/aromatic N) is 2. The van der Waals surface area contributed by atoms with Crippen molar-refractivity contribution in [3.8, 4) is 5.75 Å². The molecule has 2 aromatic carbocycles. The van der Waals surface area contributed by atoms with E-state index in [0.717, 1.165) is 31.6 Å². The molecule has 1 N–H and O–H groups in total. The lowest BCUT2D eigenvalue weighted by Crippen LogP contribution is -2.31. The van der Waals surface area contributed by atoms with Gasteiger partial charge in [-0.15, -0.1) is 0 Å². The quantitative estimate of drug-likeness (QED) is 0.511. The molecule has 9 nitrogen and oxygen atoms in total. The molecular formula is C24H31N3O6S. The minimum Gasteiger partial charge on any atom is -0.482 e. The Morgan fingerprint density at radius 1 is 1.06 bits per heavy atom. The molecule has 1 fully saturated rings.